The van der Waals surface area contributed by atoms with Crippen LogP contribution in [0.15, 0.2) is 18.2 Å². The summed E-state index contributed by atoms with van der Waals surface area (Å²) in [5.41, 5.74) is 2.48. The third kappa shape index (κ3) is 6.96. The lowest BCUT2D eigenvalue weighted by Crippen LogP contribution is -2.17. The topological polar surface area (TPSA) is 30.5 Å². The largest absolute Gasteiger partial charge is 0.491 e. The maximum atomic E-state index is 5.79. The second-order valence-electron chi connectivity index (χ2n) is 5.95. The summed E-state index contributed by atoms with van der Waals surface area (Å²) >= 11 is 0. The van der Waals surface area contributed by atoms with Crippen LogP contribution in [0.5, 0.6) is 5.75 Å². The second kappa shape index (κ2) is 9.80. The van der Waals surface area contributed by atoms with Crippen LogP contribution in [0.25, 0.3) is 0 Å². The summed E-state index contributed by atoms with van der Waals surface area (Å²) in [6.45, 7) is 13.9. The van der Waals surface area contributed by atoms with E-state index >= 15 is 0 Å². The predicted molar refractivity (Wildman–Crippen MR) is 89.0 cm³/mol. The van der Waals surface area contributed by atoms with Gasteiger partial charge in [-0.3, -0.25) is 0 Å². The van der Waals surface area contributed by atoms with E-state index in [4.69, 9.17) is 9.47 Å². The molecule has 0 saturated carbocycles. The Balaban J connectivity index is 2.35. The van der Waals surface area contributed by atoms with E-state index in [1.54, 1.807) is 0 Å². The van der Waals surface area contributed by atoms with Crippen LogP contribution in [0.2, 0.25) is 0 Å². The van der Waals surface area contributed by atoms with Crippen LogP contribution < -0.4 is 10.1 Å². The van der Waals surface area contributed by atoms with Gasteiger partial charge in [0.15, 0.2) is 0 Å². The molecule has 3 heteroatoms. The van der Waals surface area contributed by atoms with Crippen molar-refractivity contribution in [2.45, 2.75) is 47.1 Å². The van der Waals surface area contributed by atoms with Crippen molar-refractivity contribution >= 4 is 0 Å². The number of aryl methyl sites for hydroxylation is 1. The van der Waals surface area contributed by atoms with Crippen molar-refractivity contribution in [3.63, 3.8) is 0 Å². The first-order valence-corrected chi connectivity index (χ1v) is 8.09. The molecular formula is C18H31NO2. The summed E-state index contributed by atoms with van der Waals surface area (Å²) in [5, 5.41) is 3.42. The van der Waals surface area contributed by atoms with Crippen molar-refractivity contribution in [2.24, 2.45) is 5.92 Å². The number of benzene rings is 1. The Morgan fingerprint density at radius 1 is 1.10 bits per heavy atom. The van der Waals surface area contributed by atoms with Gasteiger partial charge in [0.1, 0.15) is 12.4 Å². The summed E-state index contributed by atoms with van der Waals surface area (Å²) in [6.07, 6.45) is 1.11. The number of ether oxygens (including phenoxy) is 2. The Bertz CT molecular complexity index is 404. The highest BCUT2D eigenvalue weighted by molar-refractivity contribution is 5.37. The van der Waals surface area contributed by atoms with Gasteiger partial charge in [0.2, 0.25) is 0 Å². The van der Waals surface area contributed by atoms with Crippen LogP contribution in [0, 0.1) is 12.8 Å². The molecule has 1 aromatic carbocycles. The molecular weight excluding hydrogens is 262 g/mol. The highest BCUT2D eigenvalue weighted by atomic mass is 16.5. The third-order valence-corrected chi connectivity index (χ3v) is 3.53. The molecule has 1 aromatic rings. The molecule has 0 spiro atoms. The van der Waals surface area contributed by atoms with Crippen LogP contribution in [0.1, 0.15) is 51.3 Å². The Labute approximate surface area is 130 Å². The third-order valence-electron chi connectivity index (χ3n) is 3.53. The van der Waals surface area contributed by atoms with Crippen LogP contribution in [-0.4, -0.2) is 26.4 Å². The molecule has 0 radical (unpaired) electrons. The lowest BCUT2D eigenvalue weighted by molar-refractivity contribution is 0.0924. The first-order chi connectivity index (χ1) is 10.0. The van der Waals surface area contributed by atoms with E-state index in [9.17, 15) is 0 Å². The molecule has 1 atom stereocenters. The fourth-order valence-electron chi connectivity index (χ4n) is 2.16. The second-order valence-corrected chi connectivity index (χ2v) is 5.95. The minimum atomic E-state index is 0.377. The van der Waals surface area contributed by atoms with Gasteiger partial charge in [-0.05, 0) is 49.9 Å². The summed E-state index contributed by atoms with van der Waals surface area (Å²) in [4.78, 5) is 0. The van der Waals surface area contributed by atoms with Crippen molar-refractivity contribution in [1.82, 2.24) is 5.32 Å². The SMILES string of the molecule is CCNC(C)c1ccc(OCCOCCC(C)C)c(C)c1. The molecule has 0 heterocycles. The van der Waals surface area contributed by atoms with Gasteiger partial charge < -0.3 is 14.8 Å². The molecule has 1 unspecified atom stereocenters. The summed E-state index contributed by atoms with van der Waals surface area (Å²) in [5.74, 6) is 1.65. The minimum Gasteiger partial charge on any atom is -0.491 e. The maximum absolute atomic E-state index is 5.79. The van der Waals surface area contributed by atoms with E-state index in [-0.39, 0.29) is 0 Å². The quantitative estimate of drug-likeness (QED) is 0.659. The van der Waals surface area contributed by atoms with E-state index < -0.39 is 0 Å². The van der Waals surface area contributed by atoms with E-state index in [1.165, 1.54) is 11.1 Å². The fraction of sp³-hybridized carbons (Fsp3) is 0.667. The predicted octanol–water partition coefficient (Wildman–Crippen LogP) is 4.11. The Hall–Kier alpha value is -1.06. The van der Waals surface area contributed by atoms with Crippen LogP contribution in [0.4, 0.5) is 0 Å². The number of nitrogens with one attached hydrogen (secondary N) is 1. The minimum absolute atomic E-state index is 0.377. The lowest BCUT2D eigenvalue weighted by Gasteiger charge is -2.15. The summed E-state index contributed by atoms with van der Waals surface area (Å²) in [6, 6.07) is 6.77. The monoisotopic (exact) mass is 293 g/mol. The van der Waals surface area contributed by atoms with Crippen molar-refractivity contribution in [2.75, 3.05) is 26.4 Å². The maximum Gasteiger partial charge on any atom is 0.122 e. The van der Waals surface area contributed by atoms with E-state index in [0.717, 1.165) is 25.3 Å². The average Bonchev–Trinajstić information content (AvgIpc) is 2.44. The first kappa shape index (κ1) is 18.0. The molecule has 120 valence electrons. The van der Waals surface area contributed by atoms with Crippen molar-refractivity contribution < 1.29 is 9.47 Å². The zero-order valence-corrected chi connectivity index (χ0v) is 14.2. The standard InChI is InChI=1S/C18H31NO2/c1-6-19-16(5)17-7-8-18(15(4)13-17)21-12-11-20-10-9-14(2)3/h7-8,13-14,16,19H,6,9-12H2,1-5H3. The molecule has 1 N–H and O–H groups in total. The van der Waals surface area contributed by atoms with Crippen molar-refractivity contribution in [3.05, 3.63) is 29.3 Å². The molecule has 0 bridgehead atoms. The highest BCUT2D eigenvalue weighted by Crippen LogP contribution is 2.22. The molecule has 0 amide bonds. The van der Waals surface area contributed by atoms with Crippen LogP contribution in [-0.2, 0) is 4.74 Å². The molecule has 0 saturated heterocycles. The van der Waals surface area contributed by atoms with Crippen molar-refractivity contribution in [1.29, 1.82) is 0 Å². The van der Waals surface area contributed by atoms with Gasteiger partial charge in [-0.25, -0.2) is 0 Å². The number of hydrogen-bond donors (Lipinski definition) is 1. The molecule has 0 aliphatic carbocycles. The first-order valence-electron chi connectivity index (χ1n) is 8.09. The van der Waals surface area contributed by atoms with Gasteiger partial charge in [0.05, 0.1) is 6.61 Å². The van der Waals surface area contributed by atoms with E-state index in [0.29, 0.717) is 25.2 Å². The molecule has 0 aliphatic rings. The summed E-state index contributed by atoms with van der Waals surface area (Å²) in [7, 11) is 0. The highest BCUT2D eigenvalue weighted by Gasteiger charge is 2.06. The van der Waals surface area contributed by atoms with Crippen LogP contribution in [0.3, 0.4) is 0 Å². The normalized spacial score (nSPS) is 12.7. The number of rotatable bonds is 10. The Morgan fingerprint density at radius 3 is 2.48 bits per heavy atom. The molecule has 0 fully saturated rings. The van der Waals surface area contributed by atoms with E-state index in [1.807, 2.05) is 0 Å². The van der Waals surface area contributed by atoms with Gasteiger partial charge in [0, 0.05) is 12.6 Å². The lowest BCUT2D eigenvalue weighted by atomic mass is 10.1. The zero-order chi connectivity index (χ0) is 15.7. The van der Waals surface area contributed by atoms with Gasteiger partial charge in [-0.1, -0.05) is 32.9 Å². The molecule has 0 aliphatic heterocycles. The zero-order valence-electron chi connectivity index (χ0n) is 14.2. The number of hydrogen-bond acceptors (Lipinski definition) is 3. The van der Waals surface area contributed by atoms with Gasteiger partial charge in [-0.15, -0.1) is 0 Å². The Kier molecular flexibility index (Phi) is 8.40. The fourth-order valence-corrected chi connectivity index (χ4v) is 2.16. The van der Waals surface area contributed by atoms with E-state index in [2.05, 4.69) is 58.1 Å². The Morgan fingerprint density at radius 2 is 1.86 bits per heavy atom. The summed E-state index contributed by atoms with van der Waals surface area (Å²) < 4.78 is 11.4. The van der Waals surface area contributed by atoms with Gasteiger partial charge >= 0.3 is 0 Å². The molecule has 0 aromatic heterocycles. The molecule has 3 nitrogen and oxygen atoms in total. The average molecular weight is 293 g/mol. The smallest absolute Gasteiger partial charge is 0.122 e. The van der Waals surface area contributed by atoms with Crippen molar-refractivity contribution in [3.8, 4) is 5.75 Å². The van der Waals surface area contributed by atoms with Gasteiger partial charge in [0.25, 0.3) is 0 Å². The van der Waals surface area contributed by atoms with Gasteiger partial charge in [-0.2, -0.15) is 0 Å². The molecule has 1 rings (SSSR count). The molecule has 21 heavy (non-hydrogen) atoms. The van der Waals surface area contributed by atoms with Crippen LogP contribution >= 0.6 is 0 Å².